The van der Waals surface area contributed by atoms with Crippen LogP contribution in [0.4, 0.5) is 4.39 Å². The van der Waals surface area contributed by atoms with E-state index in [1.54, 1.807) is 19.1 Å². The second-order valence-corrected chi connectivity index (χ2v) is 8.02. The number of amides is 1. The summed E-state index contributed by atoms with van der Waals surface area (Å²) in [5, 5.41) is 3.28. The Balaban J connectivity index is 1.77. The summed E-state index contributed by atoms with van der Waals surface area (Å²) in [6.07, 6.45) is -0.587. The first-order chi connectivity index (χ1) is 12.8. The van der Waals surface area contributed by atoms with Crippen LogP contribution in [0, 0.1) is 26.6 Å². The zero-order valence-electron chi connectivity index (χ0n) is 16.1. The van der Waals surface area contributed by atoms with Crippen molar-refractivity contribution < 1.29 is 13.9 Å². The average Bonchev–Trinajstić information content (AvgIpc) is 2.60. The Kier molecular flexibility index (Phi) is 7.99. The van der Waals surface area contributed by atoms with E-state index in [4.69, 9.17) is 16.3 Å². The fourth-order valence-corrected chi connectivity index (χ4v) is 3.80. The minimum absolute atomic E-state index is 0.168. The Morgan fingerprint density at radius 3 is 2.74 bits per heavy atom. The second-order valence-electron chi connectivity index (χ2n) is 6.51. The first-order valence-corrected chi connectivity index (χ1v) is 10.4. The second kappa shape index (κ2) is 10.00. The third-order valence-electron chi connectivity index (χ3n) is 4.29. The average molecular weight is 410 g/mol. The molecule has 27 heavy (non-hydrogen) atoms. The molecule has 2 rings (SSSR count). The van der Waals surface area contributed by atoms with Gasteiger partial charge in [0, 0.05) is 28.6 Å². The molecule has 0 fully saturated rings. The normalized spacial score (nSPS) is 11.9. The highest BCUT2D eigenvalue weighted by molar-refractivity contribution is 7.98. The van der Waals surface area contributed by atoms with Crippen LogP contribution in [-0.4, -0.2) is 24.3 Å². The first-order valence-electron chi connectivity index (χ1n) is 8.82. The quantitative estimate of drug-likeness (QED) is 0.607. The standard InChI is InChI=1S/C21H25ClFNO2S/c1-13-10-14(2)15(3)20(11-13)26-16(4)21(25)24-8-9-27-12-17-18(22)6-5-7-19(17)23/h5-7,10-11,16H,8-9,12H2,1-4H3,(H,24,25). The van der Waals surface area contributed by atoms with Crippen molar-refractivity contribution in [2.24, 2.45) is 0 Å². The molecule has 6 heteroatoms. The lowest BCUT2D eigenvalue weighted by Crippen LogP contribution is -2.37. The fourth-order valence-electron chi connectivity index (χ4n) is 2.60. The highest BCUT2D eigenvalue weighted by Gasteiger charge is 2.16. The molecule has 1 amide bonds. The maximum atomic E-state index is 13.7. The molecule has 0 spiro atoms. The van der Waals surface area contributed by atoms with Gasteiger partial charge in [-0.15, -0.1) is 0 Å². The van der Waals surface area contributed by atoms with Crippen LogP contribution in [0.2, 0.25) is 5.02 Å². The molecule has 0 saturated heterocycles. The minimum atomic E-state index is -0.587. The van der Waals surface area contributed by atoms with Crippen LogP contribution >= 0.6 is 23.4 Å². The van der Waals surface area contributed by atoms with E-state index in [2.05, 4.69) is 11.4 Å². The maximum absolute atomic E-state index is 13.7. The smallest absolute Gasteiger partial charge is 0.260 e. The van der Waals surface area contributed by atoms with Gasteiger partial charge in [-0.05, 0) is 62.6 Å². The van der Waals surface area contributed by atoms with Crippen molar-refractivity contribution in [2.75, 3.05) is 12.3 Å². The fraction of sp³-hybridized carbons (Fsp3) is 0.381. The molecule has 0 aromatic heterocycles. The number of ether oxygens (including phenoxy) is 1. The number of nitrogens with one attached hydrogen (secondary N) is 1. The van der Waals surface area contributed by atoms with Crippen molar-refractivity contribution in [3.63, 3.8) is 0 Å². The Labute approximate surface area is 169 Å². The summed E-state index contributed by atoms with van der Waals surface area (Å²) >= 11 is 7.53. The lowest BCUT2D eigenvalue weighted by Gasteiger charge is -2.18. The molecule has 2 aromatic carbocycles. The third kappa shape index (κ3) is 6.15. The lowest BCUT2D eigenvalue weighted by atomic mass is 10.1. The highest BCUT2D eigenvalue weighted by Crippen LogP contribution is 2.25. The van der Waals surface area contributed by atoms with Crippen molar-refractivity contribution in [1.82, 2.24) is 5.32 Å². The zero-order valence-corrected chi connectivity index (χ0v) is 17.6. The van der Waals surface area contributed by atoms with E-state index in [9.17, 15) is 9.18 Å². The molecule has 146 valence electrons. The van der Waals surface area contributed by atoms with Gasteiger partial charge in [-0.3, -0.25) is 4.79 Å². The molecule has 0 radical (unpaired) electrons. The number of hydrogen-bond donors (Lipinski definition) is 1. The Hall–Kier alpha value is -1.72. The van der Waals surface area contributed by atoms with Gasteiger partial charge in [0.15, 0.2) is 6.10 Å². The molecule has 0 bridgehead atoms. The molecule has 1 atom stereocenters. The van der Waals surface area contributed by atoms with Gasteiger partial charge in [-0.25, -0.2) is 4.39 Å². The Morgan fingerprint density at radius 2 is 2.04 bits per heavy atom. The van der Waals surface area contributed by atoms with Gasteiger partial charge in [0.25, 0.3) is 5.91 Å². The van der Waals surface area contributed by atoms with Gasteiger partial charge in [0.05, 0.1) is 0 Å². The maximum Gasteiger partial charge on any atom is 0.260 e. The van der Waals surface area contributed by atoms with Gasteiger partial charge in [0.1, 0.15) is 11.6 Å². The van der Waals surface area contributed by atoms with E-state index >= 15 is 0 Å². The molecule has 0 aliphatic carbocycles. The molecule has 3 nitrogen and oxygen atoms in total. The molecule has 0 aliphatic rings. The largest absolute Gasteiger partial charge is 0.481 e. The van der Waals surface area contributed by atoms with Crippen molar-refractivity contribution in [2.45, 2.75) is 39.6 Å². The zero-order chi connectivity index (χ0) is 20.0. The number of halogens is 2. The predicted octanol–water partition coefficient (Wildman–Crippen LogP) is 5.22. The van der Waals surface area contributed by atoms with Crippen LogP contribution in [0.1, 0.15) is 29.2 Å². The van der Waals surface area contributed by atoms with E-state index in [-0.39, 0.29) is 11.7 Å². The predicted molar refractivity (Wildman–Crippen MR) is 111 cm³/mol. The van der Waals surface area contributed by atoms with Crippen LogP contribution in [-0.2, 0) is 10.5 Å². The lowest BCUT2D eigenvalue weighted by molar-refractivity contribution is -0.127. The van der Waals surface area contributed by atoms with Crippen LogP contribution in [0.3, 0.4) is 0 Å². The molecule has 0 aliphatic heterocycles. The summed E-state index contributed by atoms with van der Waals surface area (Å²) in [7, 11) is 0. The van der Waals surface area contributed by atoms with Crippen molar-refractivity contribution >= 4 is 29.3 Å². The molecule has 2 aromatic rings. The number of carbonyl (C=O) groups excluding carboxylic acids is 1. The number of hydrogen-bond acceptors (Lipinski definition) is 3. The number of carbonyl (C=O) groups is 1. The van der Waals surface area contributed by atoms with Gasteiger partial charge in [0.2, 0.25) is 0 Å². The molecule has 1 N–H and O–H groups in total. The van der Waals surface area contributed by atoms with E-state index in [0.29, 0.717) is 28.6 Å². The van der Waals surface area contributed by atoms with Crippen LogP contribution < -0.4 is 10.1 Å². The molecule has 1 unspecified atom stereocenters. The van der Waals surface area contributed by atoms with E-state index in [1.807, 2.05) is 26.8 Å². The molecule has 0 heterocycles. The summed E-state index contributed by atoms with van der Waals surface area (Å²) in [5.74, 6) is 1.39. The third-order valence-corrected chi connectivity index (χ3v) is 5.63. The van der Waals surface area contributed by atoms with Crippen molar-refractivity contribution in [1.29, 1.82) is 0 Å². The minimum Gasteiger partial charge on any atom is -0.481 e. The Bertz CT molecular complexity index is 793. The number of rotatable bonds is 8. The molecular formula is C21H25ClFNO2S. The summed E-state index contributed by atoms with van der Waals surface area (Å²) in [4.78, 5) is 12.2. The van der Waals surface area contributed by atoms with Gasteiger partial charge < -0.3 is 10.1 Å². The first kappa shape index (κ1) is 21.6. The summed E-state index contributed by atoms with van der Waals surface area (Å²) in [6, 6.07) is 8.70. The van der Waals surface area contributed by atoms with Gasteiger partial charge in [-0.2, -0.15) is 11.8 Å². The van der Waals surface area contributed by atoms with E-state index in [1.165, 1.54) is 17.8 Å². The topological polar surface area (TPSA) is 38.3 Å². The van der Waals surface area contributed by atoms with Gasteiger partial charge in [-0.1, -0.05) is 23.7 Å². The number of aryl methyl sites for hydroxylation is 2. The monoisotopic (exact) mass is 409 g/mol. The van der Waals surface area contributed by atoms with Gasteiger partial charge >= 0.3 is 0 Å². The van der Waals surface area contributed by atoms with Crippen molar-refractivity contribution in [3.05, 3.63) is 63.4 Å². The summed E-state index contributed by atoms with van der Waals surface area (Å²) in [6.45, 7) is 8.23. The number of thioether (sulfide) groups is 1. The molecule has 0 saturated carbocycles. The van der Waals surface area contributed by atoms with Crippen LogP contribution in [0.5, 0.6) is 5.75 Å². The SMILES string of the molecule is Cc1cc(C)c(C)c(OC(C)C(=O)NCCSCc2c(F)cccc2Cl)c1. The van der Waals surface area contributed by atoms with E-state index < -0.39 is 6.10 Å². The van der Waals surface area contributed by atoms with Crippen LogP contribution in [0.15, 0.2) is 30.3 Å². The van der Waals surface area contributed by atoms with E-state index in [0.717, 1.165) is 22.4 Å². The van der Waals surface area contributed by atoms with Crippen LogP contribution in [0.25, 0.3) is 0 Å². The summed E-state index contributed by atoms with van der Waals surface area (Å²) in [5.41, 5.74) is 3.78. The highest BCUT2D eigenvalue weighted by atomic mass is 35.5. The Morgan fingerprint density at radius 1 is 1.30 bits per heavy atom. The van der Waals surface area contributed by atoms with Crippen molar-refractivity contribution in [3.8, 4) is 5.75 Å². The number of benzene rings is 2. The molecular weight excluding hydrogens is 385 g/mol. The summed E-state index contributed by atoms with van der Waals surface area (Å²) < 4.78 is 19.5.